The van der Waals surface area contributed by atoms with Gasteiger partial charge in [-0.3, -0.25) is 0 Å². The summed E-state index contributed by atoms with van der Waals surface area (Å²) in [6, 6.07) is 0. The van der Waals surface area contributed by atoms with Crippen molar-refractivity contribution in [1.82, 2.24) is 0 Å². The third kappa shape index (κ3) is 4.35. The van der Waals surface area contributed by atoms with Gasteiger partial charge in [0, 0.05) is 20.6 Å². The van der Waals surface area contributed by atoms with Crippen molar-refractivity contribution in [3.05, 3.63) is 0 Å². The fourth-order valence-electron chi connectivity index (χ4n) is 0.886. The largest absolute Gasteiger partial charge is 0.343 e. The Bertz CT molecular complexity index is 89.3. The molecule has 0 saturated carbocycles. The molecule has 0 aromatic carbocycles. The van der Waals surface area contributed by atoms with Gasteiger partial charge < -0.3 is 14.6 Å². The van der Waals surface area contributed by atoms with Gasteiger partial charge in [-0.25, -0.2) is 0 Å². The molecule has 3 nitrogen and oxygen atoms in total. The highest BCUT2D eigenvalue weighted by Crippen LogP contribution is 2.15. The van der Waals surface area contributed by atoms with Gasteiger partial charge in [0.05, 0.1) is 0 Å². The second kappa shape index (κ2) is 5.52. The summed E-state index contributed by atoms with van der Waals surface area (Å²) >= 11 is 0. The average Bonchev–Trinajstić information content (AvgIpc) is 2.05. The number of aliphatic hydroxyl groups is 1. The molecule has 0 heterocycles. The van der Waals surface area contributed by atoms with E-state index < -0.39 is 5.97 Å². The smallest absolute Gasteiger partial charge is 0.279 e. The Hall–Kier alpha value is -0.120. The standard InChI is InChI=1S/C8H18O3/c1-4-5-6-7-8(9,10-2)11-3/h9H,4-7H2,1-3H3. The van der Waals surface area contributed by atoms with E-state index in [1.165, 1.54) is 14.2 Å². The van der Waals surface area contributed by atoms with Crippen LogP contribution in [-0.2, 0) is 9.47 Å². The van der Waals surface area contributed by atoms with E-state index in [4.69, 9.17) is 9.47 Å². The molecule has 0 spiro atoms. The van der Waals surface area contributed by atoms with Crippen LogP contribution in [0.2, 0.25) is 0 Å². The number of hydrogen-bond donors (Lipinski definition) is 1. The molecule has 0 rings (SSSR count). The SMILES string of the molecule is CCCCCC(O)(OC)OC. The Balaban J connectivity index is 3.51. The first-order valence-corrected chi connectivity index (χ1v) is 4.01. The molecule has 3 heteroatoms. The first-order chi connectivity index (χ1) is 5.18. The van der Waals surface area contributed by atoms with Gasteiger partial charge in [-0.15, -0.1) is 0 Å². The van der Waals surface area contributed by atoms with Gasteiger partial charge in [-0.05, 0) is 6.42 Å². The molecule has 11 heavy (non-hydrogen) atoms. The summed E-state index contributed by atoms with van der Waals surface area (Å²) in [7, 11) is 2.88. The molecule has 0 aliphatic heterocycles. The van der Waals surface area contributed by atoms with Gasteiger partial charge in [0.25, 0.3) is 5.97 Å². The summed E-state index contributed by atoms with van der Waals surface area (Å²) in [5.41, 5.74) is 0. The molecule has 0 atom stereocenters. The second-order valence-corrected chi connectivity index (χ2v) is 2.58. The number of hydrogen-bond acceptors (Lipinski definition) is 3. The summed E-state index contributed by atoms with van der Waals surface area (Å²) in [5, 5.41) is 9.41. The van der Waals surface area contributed by atoms with Crippen molar-refractivity contribution in [2.45, 2.75) is 38.6 Å². The van der Waals surface area contributed by atoms with Crippen molar-refractivity contribution in [3.8, 4) is 0 Å². The van der Waals surface area contributed by atoms with E-state index >= 15 is 0 Å². The number of unbranched alkanes of at least 4 members (excludes halogenated alkanes) is 2. The Morgan fingerprint density at radius 2 is 1.73 bits per heavy atom. The van der Waals surface area contributed by atoms with E-state index in [2.05, 4.69) is 6.92 Å². The molecule has 0 aliphatic rings. The van der Waals surface area contributed by atoms with E-state index in [0.717, 1.165) is 19.3 Å². The third-order valence-electron chi connectivity index (χ3n) is 1.73. The minimum Gasteiger partial charge on any atom is -0.343 e. The topological polar surface area (TPSA) is 38.7 Å². The maximum atomic E-state index is 9.41. The van der Waals surface area contributed by atoms with Crippen LogP contribution in [0.25, 0.3) is 0 Å². The lowest BCUT2D eigenvalue weighted by molar-refractivity contribution is -0.342. The summed E-state index contributed by atoms with van der Waals surface area (Å²) < 4.78 is 9.53. The van der Waals surface area contributed by atoms with E-state index in [1.54, 1.807) is 0 Å². The van der Waals surface area contributed by atoms with E-state index in [-0.39, 0.29) is 0 Å². The van der Waals surface area contributed by atoms with Crippen molar-refractivity contribution in [2.75, 3.05) is 14.2 Å². The van der Waals surface area contributed by atoms with Crippen LogP contribution in [0, 0.1) is 0 Å². The molecular weight excluding hydrogens is 144 g/mol. The molecule has 0 aromatic rings. The van der Waals surface area contributed by atoms with Crippen LogP contribution in [0.3, 0.4) is 0 Å². The quantitative estimate of drug-likeness (QED) is 0.475. The maximum Gasteiger partial charge on any atom is 0.279 e. The average molecular weight is 162 g/mol. The molecule has 0 saturated heterocycles. The van der Waals surface area contributed by atoms with Crippen molar-refractivity contribution in [3.63, 3.8) is 0 Å². The van der Waals surface area contributed by atoms with Gasteiger partial charge in [0.1, 0.15) is 0 Å². The first kappa shape index (κ1) is 10.9. The molecule has 0 radical (unpaired) electrons. The molecule has 0 unspecified atom stereocenters. The summed E-state index contributed by atoms with van der Waals surface area (Å²) in [4.78, 5) is 0. The molecular formula is C8H18O3. The van der Waals surface area contributed by atoms with Crippen molar-refractivity contribution < 1.29 is 14.6 Å². The lowest BCUT2D eigenvalue weighted by Gasteiger charge is -2.23. The lowest BCUT2D eigenvalue weighted by atomic mass is 10.2. The van der Waals surface area contributed by atoms with Gasteiger partial charge in [0.15, 0.2) is 0 Å². The van der Waals surface area contributed by atoms with Crippen LogP contribution >= 0.6 is 0 Å². The zero-order chi connectivity index (χ0) is 8.74. The zero-order valence-corrected chi connectivity index (χ0v) is 7.59. The van der Waals surface area contributed by atoms with E-state index in [1.807, 2.05) is 0 Å². The predicted molar refractivity (Wildman–Crippen MR) is 43.1 cm³/mol. The molecule has 0 fully saturated rings. The number of rotatable bonds is 6. The zero-order valence-electron chi connectivity index (χ0n) is 7.59. The maximum absolute atomic E-state index is 9.41. The summed E-state index contributed by atoms with van der Waals surface area (Å²) in [6.07, 6.45) is 3.68. The monoisotopic (exact) mass is 162 g/mol. The van der Waals surface area contributed by atoms with Crippen LogP contribution in [0.5, 0.6) is 0 Å². The highest BCUT2D eigenvalue weighted by atomic mass is 16.8. The third-order valence-corrected chi connectivity index (χ3v) is 1.73. The van der Waals surface area contributed by atoms with Crippen LogP contribution in [-0.4, -0.2) is 25.3 Å². The number of ether oxygens (including phenoxy) is 2. The van der Waals surface area contributed by atoms with Crippen LogP contribution in [0.4, 0.5) is 0 Å². The van der Waals surface area contributed by atoms with Crippen molar-refractivity contribution in [1.29, 1.82) is 0 Å². The Kier molecular flexibility index (Phi) is 5.46. The van der Waals surface area contributed by atoms with Crippen molar-refractivity contribution in [2.24, 2.45) is 0 Å². The fraction of sp³-hybridized carbons (Fsp3) is 1.00. The molecule has 0 aliphatic carbocycles. The summed E-state index contributed by atoms with van der Waals surface area (Å²) in [5.74, 6) is -1.37. The van der Waals surface area contributed by atoms with E-state index in [9.17, 15) is 5.11 Å². The predicted octanol–water partition coefficient (Wildman–Crippen LogP) is 1.51. The van der Waals surface area contributed by atoms with Crippen LogP contribution in [0.15, 0.2) is 0 Å². The highest BCUT2D eigenvalue weighted by Gasteiger charge is 2.24. The molecule has 0 aromatic heterocycles. The summed E-state index contributed by atoms with van der Waals surface area (Å²) in [6.45, 7) is 2.11. The highest BCUT2D eigenvalue weighted by molar-refractivity contribution is 4.52. The minimum absolute atomic E-state index is 0.536. The van der Waals surface area contributed by atoms with Crippen LogP contribution in [0.1, 0.15) is 32.6 Å². The van der Waals surface area contributed by atoms with Gasteiger partial charge in [0.2, 0.25) is 0 Å². The van der Waals surface area contributed by atoms with Crippen molar-refractivity contribution >= 4 is 0 Å². The Labute approximate surface area is 68.3 Å². The van der Waals surface area contributed by atoms with Gasteiger partial charge >= 0.3 is 0 Å². The van der Waals surface area contributed by atoms with Gasteiger partial charge in [-0.2, -0.15) is 0 Å². The second-order valence-electron chi connectivity index (χ2n) is 2.58. The number of methoxy groups -OCH3 is 2. The van der Waals surface area contributed by atoms with E-state index in [0.29, 0.717) is 6.42 Å². The normalized spacial score (nSPS) is 12.0. The minimum atomic E-state index is -1.37. The van der Waals surface area contributed by atoms with Crippen LogP contribution < -0.4 is 0 Å². The Morgan fingerprint density at radius 3 is 2.09 bits per heavy atom. The first-order valence-electron chi connectivity index (χ1n) is 4.01. The lowest BCUT2D eigenvalue weighted by Crippen LogP contribution is -2.32. The van der Waals surface area contributed by atoms with Gasteiger partial charge in [-0.1, -0.05) is 19.8 Å². The molecule has 0 bridgehead atoms. The molecule has 1 N–H and O–H groups in total. The fourth-order valence-corrected chi connectivity index (χ4v) is 0.886. The molecule has 68 valence electrons. The molecule has 0 amide bonds. The Morgan fingerprint density at radius 1 is 1.18 bits per heavy atom.